The SMILES string of the molecule is COc1ccc2c3c1O[C@@H]1[C@]34CC[N+](C)(C[C@H]3CO3)[C@@H](C2)[C@]42C=C[C@@]1(OC)c1c(O)c(SCCO)cc(O)c12. The number of ether oxygens (including phenoxy) is 4. The molecule has 39 heavy (non-hydrogen) atoms. The van der Waals surface area contributed by atoms with Crippen molar-refractivity contribution in [1.29, 1.82) is 0 Å². The summed E-state index contributed by atoms with van der Waals surface area (Å²) < 4.78 is 25.8. The van der Waals surface area contributed by atoms with Gasteiger partial charge in [-0.15, -0.1) is 11.8 Å². The van der Waals surface area contributed by atoms with Gasteiger partial charge in [-0.2, -0.15) is 0 Å². The highest BCUT2D eigenvalue weighted by Gasteiger charge is 2.82. The minimum atomic E-state index is -1.11. The monoisotopic (exact) mass is 552 g/mol. The fraction of sp³-hybridized carbons (Fsp3) is 0.533. The Labute approximate surface area is 231 Å². The maximum atomic E-state index is 11.9. The van der Waals surface area contributed by atoms with Crippen LogP contribution >= 0.6 is 11.8 Å². The number of methoxy groups -OCH3 is 2. The van der Waals surface area contributed by atoms with Crippen molar-refractivity contribution < 1.29 is 38.8 Å². The van der Waals surface area contributed by atoms with E-state index in [1.54, 1.807) is 20.3 Å². The van der Waals surface area contributed by atoms with Crippen molar-refractivity contribution in [2.45, 2.75) is 52.4 Å². The molecule has 2 aromatic rings. The Morgan fingerprint density at radius 1 is 1.15 bits per heavy atom. The third kappa shape index (κ3) is 2.58. The number of likely N-dealkylation sites (tertiary alicyclic amines) is 1. The zero-order valence-corrected chi connectivity index (χ0v) is 23.2. The number of phenolic OH excluding ortho intramolecular Hbond substituents is 2. The van der Waals surface area contributed by atoms with E-state index in [4.69, 9.17) is 18.9 Å². The number of nitrogens with zero attached hydrogens (tertiary/aromatic N) is 1. The molecule has 0 saturated carbocycles. The molecule has 0 amide bonds. The lowest BCUT2D eigenvalue weighted by molar-refractivity contribution is -0.945. The van der Waals surface area contributed by atoms with Gasteiger partial charge in [-0.1, -0.05) is 12.1 Å². The van der Waals surface area contributed by atoms with Gasteiger partial charge in [0.2, 0.25) is 0 Å². The molecular weight excluding hydrogens is 518 g/mol. The van der Waals surface area contributed by atoms with E-state index in [1.165, 1.54) is 22.9 Å². The normalized spacial score (nSPS) is 39.2. The quantitative estimate of drug-likeness (QED) is 0.159. The van der Waals surface area contributed by atoms with Crippen molar-refractivity contribution in [2.75, 3.05) is 53.3 Å². The van der Waals surface area contributed by atoms with Gasteiger partial charge < -0.3 is 38.8 Å². The van der Waals surface area contributed by atoms with Gasteiger partial charge in [-0.05, 0) is 23.8 Å². The Balaban J connectivity index is 1.49. The number of aliphatic hydroxyl groups excluding tert-OH is 1. The predicted molar refractivity (Wildman–Crippen MR) is 144 cm³/mol. The molecule has 4 aliphatic carbocycles. The van der Waals surface area contributed by atoms with Gasteiger partial charge >= 0.3 is 0 Å². The lowest BCUT2D eigenvalue weighted by atomic mass is 9.37. The molecule has 4 bridgehead atoms. The molecule has 206 valence electrons. The Bertz CT molecular complexity index is 1460. The molecule has 1 unspecified atom stereocenters. The number of hydrogen-bond donors (Lipinski definition) is 3. The predicted octanol–water partition coefficient (Wildman–Crippen LogP) is 2.73. The van der Waals surface area contributed by atoms with Crippen LogP contribution in [0.4, 0.5) is 0 Å². The molecule has 2 saturated heterocycles. The minimum absolute atomic E-state index is 0.0326. The van der Waals surface area contributed by atoms with Gasteiger partial charge in [0.05, 0.1) is 49.6 Å². The largest absolute Gasteiger partial charge is 0.508 e. The average molecular weight is 553 g/mol. The van der Waals surface area contributed by atoms with Crippen molar-refractivity contribution in [3.8, 4) is 23.0 Å². The maximum Gasteiger partial charge on any atom is 0.166 e. The van der Waals surface area contributed by atoms with E-state index in [2.05, 4.69) is 25.3 Å². The number of hydrogen-bond acceptors (Lipinski definition) is 8. The van der Waals surface area contributed by atoms with E-state index in [0.29, 0.717) is 22.0 Å². The molecule has 2 aromatic carbocycles. The summed E-state index contributed by atoms with van der Waals surface area (Å²) in [5.41, 5.74) is 1.52. The molecular formula is C30H34NO7S+. The molecule has 3 heterocycles. The number of aromatic hydroxyl groups is 2. The van der Waals surface area contributed by atoms with Crippen LogP contribution in [-0.2, 0) is 32.3 Å². The van der Waals surface area contributed by atoms with E-state index in [9.17, 15) is 15.3 Å². The van der Waals surface area contributed by atoms with E-state index in [-0.39, 0.29) is 30.3 Å². The van der Waals surface area contributed by atoms with Crippen LogP contribution in [0.15, 0.2) is 35.2 Å². The second-order valence-corrected chi connectivity index (χ2v) is 13.3. The van der Waals surface area contributed by atoms with Crippen molar-refractivity contribution >= 4 is 11.8 Å². The second-order valence-electron chi connectivity index (χ2n) is 12.2. The van der Waals surface area contributed by atoms with Crippen LogP contribution in [0, 0.1) is 0 Å². The lowest BCUT2D eigenvalue weighted by Crippen LogP contribution is -2.81. The van der Waals surface area contributed by atoms with E-state index < -0.39 is 22.5 Å². The molecule has 2 fully saturated rings. The van der Waals surface area contributed by atoms with Gasteiger partial charge in [0, 0.05) is 42.4 Å². The van der Waals surface area contributed by atoms with Crippen LogP contribution < -0.4 is 9.47 Å². The first kappa shape index (κ1) is 24.4. The van der Waals surface area contributed by atoms with E-state index in [0.717, 1.165) is 48.3 Å². The number of quaternary nitrogens is 1. The number of likely N-dealkylation sites (N-methyl/N-ethyl adjacent to an activating group) is 1. The number of epoxide rings is 1. The topological polar surface area (TPSA) is 101 Å². The number of thioether (sulfide) groups is 1. The average Bonchev–Trinajstić information content (AvgIpc) is 3.67. The van der Waals surface area contributed by atoms with E-state index >= 15 is 0 Å². The Hall–Kier alpha value is -2.43. The van der Waals surface area contributed by atoms with E-state index in [1.807, 2.05) is 6.07 Å². The van der Waals surface area contributed by atoms with Crippen LogP contribution in [-0.4, -0.2) is 91.4 Å². The zero-order chi connectivity index (χ0) is 26.9. The summed E-state index contributed by atoms with van der Waals surface area (Å²) in [4.78, 5) is 0.529. The van der Waals surface area contributed by atoms with Crippen LogP contribution in [0.3, 0.4) is 0 Å². The van der Waals surface area contributed by atoms with Gasteiger partial charge in [0.15, 0.2) is 17.1 Å². The van der Waals surface area contributed by atoms with Gasteiger partial charge in [-0.25, -0.2) is 0 Å². The summed E-state index contributed by atoms with van der Waals surface area (Å²) in [7, 11) is 5.66. The number of rotatable bonds is 7. The third-order valence-electron chi connectivity index (χ3n) is 10.7. The first-order valence-electron chi connectivity index (χ1n) is 13.7. The van der Waals surface area contributed by atoms with Gasteiger partial charge in [0.25, 0.3) is 0 Å². The van der Waals surface area contributed by atoms with Crippen LogP contribution in [0.25, 0.3) is 0 Å². The zero-order valence-electron chi connectivity index (χ0n) is 22.4. The molecule has 7 atom stereocenters. The lowest BCUT2D eigenvalue weighted by Gasteiger charge is -2.70. The number of phenols is 2. The Kier molecular flexibility index (Phi) is 4.78. The Morgan fingerprint density at radius 2 is 1.97 bits per heavy atom. The molecule has 2 spiro atoms. The highest BCUT2D eigenvalue weighted by molar-refractivity contribution is 7.99. The first-order chi connectivity index (χ1) is 18.8. The summed E-state index contributed by atoms with van der Waals surface area (Å²) >= 11 is 1.32. The maximum absolute atomic E-state index is 11.9. The summed E-state index contributed by atoms with van der Waals surface area (Å²) in [5, 5.41) is 33.3. The third-order valence-corrected chi connectivity index (χ3v) is 11.8. The summed E-state index contributed by atoms with van der Waals surface area (Å²) in [6, 6.07) is 5.95. The molecule has 9 rings (SSSR count). The van der Waals surface area contributed by atoms with Crippen molar-refractivity contribution in [3.05, 3.63) is 52.6 Å². The minimum Gasteiger partial charge on any atom is -0.508 e. The summed E-state index contributed by atoms with van der Waals surface area (Å²) in [6.07, 6.45) is 5.80. The molecule has 0 radical (unpaired) electrons. The standard InChI is InChI=1S/C30H33NO7S/c1-31(14-17-15-37-17)9-8-29-22-16-4-5-19(35-2)26(22)38-27(29)30(36-3)7-6-28(29,21(31)12-16)23-18(33)13-20(39-11-10-32)25(34)24(23)30/h4-7,13,17,21,27,32H,8-12,14-15H2,1-3H3,(H-,33,34)/p+1/t17-,21-,27+,28-,29-,30+,31?/m0/s1. The van der Waals surface area contributed by atoms with Crippen LogP contribution in [0.2, 0.25) is 0 Å². The van der Waals surface area contributed by atoms with Gasteiger partial charge in [-0.3, -0.25) is 0 Å². The number of aliphatic hydroxyl groups is 1. The highest BCUT2D eigenvalue weighted by Crippen LogP contribution is 2.76. The molecule has 0 aromatic heterocycles. The van der Waals surface area contributed by atoms with Gasteiger partial charge in [0.1, 0.15) is 36.3 Å². The summed E-state index contributed by atoms with van der Waals surface area (Å²) in [5.74, 6) is 2.12. The molecule has 3 aliphatic heterocycles. The van der Waals surface area contributed by atoms with Crippen molar-refractivity contribution in [3.63, 3.8) is 0 Å². The molecule has 3 N–H and O–H groups in total. The number of piperidine rings is 1. The van der Waals surface area contributed by atoms with Crippen LogP contribution in [0.5, 0.6) is 23.0 Å². The fourth-order valence-corrected chi connectivity index (χ4v) is 10.1. The highest BCUT2D eigenvalue weighted by atomic mass is 32.2. The van der Waals surface area contributed by atoms with Crippen molar-refractivity contribution in [2.24, 2.45) is 0 Å². The Morgan fingerprint density at radius 3 is 2.69 bits per heavy atom. The fourth-order valence-electron chi connectivity index (χ4n) is 9.32. The molecule has 7 aliphatic rings. The van der Waals surface area contributed by atoms with Crippen molar-refractivity contribution in [1.82, 2.24) is 0 Å². The molecule has 8 nitrogen and oxygen atoms in total. The second kappa shape index (κ2) is 7.64. The first-order valence-corrected chi connectivity index (χ1v) is 14.7. The molecule has 9 heteroatoms. The summed E-state index contributed by atoms with van der Waals surface area (Å²) in [6.45, 7) is 2.61. The number of benzene rings is 2. The smallest absolute Gasteiger partial charge is 0.166 e. The van der Waals surface area contributed by atoms with Crippen LogP contribution in [0.1, 0.15) is 28.7 Å².